The molecule has 1 rings (SSSR count). The molecule has 12 heavy (non-hydrogen) atoms. The van der Waals surface area contributed by atoms with Crippen LogP contribution in [0.5, 0.6) is 0 Å². The van der Waals surface area contributed by atoms with Crippen LogP contribution in [0.15, 0.2) is 41.0 Å². The number of hydrogen-bond acceptors (Lipinski definition) is 0. The molecule has 0 N–H and O–H groups in total. The molecule has 1 atom stereocenters. The maximum absolute atomic E-state index is 3.93. The highest BCUT2D eigenvalue weighted by molar-refractivity contribution is 9.12. The number of rotatable bonds is 3. The average molecular weight is 241 g/mol. The Morgan fingerprint density at radius 1 is 1.42 bits per heavy atom. The standard InChI is InChI=1S/C10H13BrSi/c1-9(11)12(2)8-10-6-4-3-5-7-10/h3-7,12H,1,8H2,2H3. The van der Waals surface area contributed by atoms with Gasteiger partial charge in [-0.1, -0.05) is 65.0 Å². The van der Waals surface area contributed by atoms with Crippen molar-refractivity contribution < 1.29 is 0 Å². The SMILES string of the molecule is C=C(Br)[SiH](C)Cc1ccccc1. The van der Waals surface area contributed by atoms with Crippen LogP contribution in [0.25, 0.3) is 0 Å². The van der Waals surface area contributed by atoms with Gasteiger partial charge in [0.05, 0.1) is 8.80 Å². The van der Waals surface area contributed by atoms with Crippen molar-refractivity contribution in [3.63, 3.8) is 0 Å². The Bertz CT molecular complexity index is 256. The van der Waals surface area contributed by atoms with Crippen molar-refractivity contribution in [3.8, 4) is 0 Å². The second-order valence-corrected chi connectivity index (χ2v) is 7.81. The fourth-order valence-electron chi connectivity index (χ4n) is 1.08. The Balaban J connectivity index is 2.58. The fraction of sp³-hybridized carbons (Fsp3) is 0.200. The predicted molar refractivity (Wildman–Crippen MR) is 61.2 cm³/mol. The number of benzene rings is 1. The maximum atomic E-state index is 3.93. The van der Waals surface area contributed by atoms with Crippen LogP contribution in [0.2, 0.25) is 6.55 Å². The van der Waals surface area contributed by atoms with Crippen LogP contribution in [-0.2, 0) is 6.04 Å². The summed E-state index contributed by atoms with van der Waals surface area (Å²) in [6.07, 6.45) is 0. The minimum atomic E-state index is -0.780. The van der Waals surface area contributed by atoms with E-state index in [1.807, 2.05) is 0 Å². The summed E-state index contributed by atoms with van der Waals surface area (Å²) in [7, 11) is -0.780. The van der Waals surface area contributed by atoms with E-state index in [9.17, 15) is 0 Å². The van der Waals surface area contributed by atoms with E-state index < -0.39 is 8.80 Å². The van der Waals surface area contributed by atoms with Gasteiger partial charge in [0.25, 0.3) is 0 Å². The van der Waals surface area contributed by atoms with E-state index >= 15 is 0 Å². The predicted octanol–water partition coefficient (Wildman–Crippen LogP) is 3.07. The molecule has 0 aliphatic heterocycles. The van der Waals surface area contributed by atoms with Gasteiger partial charge in [-0.15, -0.1) is 0 Å². The third-order valence-electron chi connectivity index (χ3n) is 1.92. The van der Waals surface area contributed by atoms with Gasteiger partial charge < -0.3 is 0 Å². The molecule has 0 nitrogen and oxygen atoms in total. The smallest absolute Gasteiger partial charge is 0.0802 e. The minimum Gasteiger partial charge on any atom is -0.0934 e. The lowest BCUT2D eigenvalue weighted by molar-refractivity contribution is 1.36. The number of halogens is 1. The summed E-state index contributed by atoms with van der Waals surface area (Å²) >= 11 is 3.46. The zero-order chi connectivity index (χ0) is 8.97. The number of hydrogen-bond donors (Lipinski definition) is 0. The van der Waals surface area contributed by atoms with Crippen molar-refractivity contribution in [1.29, 1.82) is 0 Å². The van der Waals surface area contributed by atoms with Crippen molar-refractivity contribution in [2.45, 2.75) is 12.6 Å². The molecule has 0 amide bonds. The van der Waals surface area contributed by atoms with Crippen molar-refractivity contribution in [2.75, 3.05) is 0 Å². The van der Waals surface area contributed by atoms with Crippen LogP contribution in [0.4, 0.5) is 0 Å². The van der Waals surface area contributed by atoms with Crippen LogP contribution in [0.3, 0.4) is 0 Å². The average Bonchev–Trinajstić information content (AvgIpc) is 2.06. The summed E-state index contributed by atoms with van der Waals surface area (Å²) in [5.41, 5.74) is 1.43. The molecule has 1 aromatic carbocycles. The first-order valence-corrected chi connectivity index (χ1v) is 7.42. The summed E-state index contributed by atoms with van der Waals surface area (Å²) < 4.78 is 1.21. The van der Waals surface area contributed by atoms with Crippen molar-refractivity contribution in [1.82, 2.24) is 0 Å². The third kappa shape index (κ3) is 2.95. The molecule has 1 unspecified atom stereocenters. The lowest BCUT2D eigenvalue weighted by Gasteiger charge is -2.06. The van der Waals surface area contributed by atoms with E-state index in [1.165, 1.54) is 15.7 Å². The Labute approximate surface area is 84.0 Å². The quantitative estimate of drug-likeness (QED) is 0.713. The van der Waals surface area contributed by atoms with E-state index in [-0.39, 0.29) is 0 Å². The van der Waals surface area contributed by atoms with E-state index in [0.29, 0.717) is 0 Å². The van der Waals surface area contributed by atoms with Crippen LogP contribution in [-0.4, -0.2) is 8.80 Å². The third-order valence-corrected chi connectivity index (χ3v) is 6.42. The summed E-state index contributed by atoms with van der Waals surface area (Å²) in [6, 6.07) is 11.8. The molecule has 0 heterocycles. The Kier molecular flexibility index (Phi) is 3.76. The molecular weight excluding hydrogens is 228 g/mol. The summed E-state index contributed by atoms with van der Waals surface area (Å²) in [6.45, 7) is 6.24. The highest BCUT2D eigenvalue weighted by atomic mass is 79.9. The summed E-state index contributed by atoms with van der Waals surface area (Å²) in [5.74, 6) is 0. The zero-order valence-corrected chi connectivity index (χ0v) is 10.00. The van der Waals surface area contributed by atoms with Crippen LogP contribution < -0.4 is 0 Å². The van der Waals surface area contributed by atoms with E-state index in [2.05, 4.69) is 59.4 Å². The molecule has 0 aromatic heterocycles. The van der Waals surface area contributed by atoms with Gasteiger partial charge in [0, 0.05) is 0 Å². The van der Waals surface area contributed by atoms with Crippen LogP contribution in [0.1, 0.15) is 5.56 Å². The molecule has 0 saturated carbocycles. The first kappa shape index (κ1) is 9.74. The minimum absolute atomic E-state index is 0.780. The first-order valence-electron chi connectivity index (χ1n) is 4.08. The van der Waals surface area contributed by atoms with Crippen molar-refractivity contribution in [3.05, 3.63) is 46.6 Å². The fourth-order valence-corrected chi connectivity index (χ4v) is 2.76. The largest absolute Gasteiger partial charge is 0.0934 e. The van der Waals surface area contributed by atoms with E-state index in [1.54, 1.807) is 0 Å². The zero-order valence-electron chi connectivity index (χ0n) is 7.26. The Hall–Kier alpha value is -0.343. The lowest BCUT2D eigenvalue weighted by Crippen LogP contribution is -2.11. The molecule has 0 bridgehead atoms. The second-order valence-electron chi connectivity index (χ2n) is 3.04. The Morgan fingerprint density at radius 3 is 2.50 bits per heavy atom. The van der Waals surface area contributed by atoms with Gasteiger partial charge in [0.15, 0.2) is 0 Å². The van der Waals surface area contributed by atoms with Gasteiger partial charge in [0.2, 0.25) is 0 Å². The maximum Gasteiger partial charge on any atom is 0.0802 e. The molecule has 0 aliphatic carbocycles. The Morgan fingerprint density at radius 2 is 2.00 bits per heavy atom. The molecule has 1 aromatic rings. The van der Waals surface area contributed by atoms with Gasteiger partial charge in [-0.25, -0.2) is 0 Å². The molecule has 0 aliphatic rings. The normalized spacial score (nSPS) is 12.5. The van der Waals surface area contributed by atoms with E-state index in [4.69, 9.17) is 0 Å². The molecule has 0 saturated heterocycles. The van der Waals surface area contributed by atoms with Gasteiger partial charge in [-0.3, -0.25) is 0 Å². The van der Waals surface area contributed by atoms with Gasteiger partial charge in [-0.2, -0.15) is 0 Å². The molecule has 2 heteroatoms. The highest BCUT2D eigenvalue weighted by Crippen LogP contribution is 2.11. The van der Waals surface area contributed by atoms with Crippen LogP contribution >= 0.6 is 15.9 Å². The molecular formula is C10H13BrSi. The monoisotopic (exact) mass is 240 g/mol. The molecule has 0 radical (unpaired) electrons. The second kappa shape index (κ2) is 4.63. The summed E-state index contributed by atoms with van der Waals surface area (Å²) in [4.78, 5) is 0. The highest BCUT2D eigenvalue weighted by Gasteiger charge is 2.05. The lowest BCUT2D eigenvalue weighted by atomic mass is 10.2. The van der Waals surface area contributed by atoms with E-state index in [0.717, 1.165) is 0 Å². The van der Waals surface area contributed by atoms with Crippen molar-refractivity contribution >= 4 is 24.7 Å². The van der Waals surface area contributed by atoms with Gasteiger partial charge in [-0.05, 0) is 10.1 Å². The van der Waals surface area contributed by atoms with Crippen LogP contribution in [0, 0.1) is 0 Å². The molecule has 0 spiro atoms. The first-order chi connectivity index (χ1) is 5.70. The van der Waals surface area contributed by atoms with Gasteiger partial charge in [0.1, 0.15) is 0 Å². The summed E-state index contributed by atoms with van der Waals surface area (Å²) in [5, 5.41) is 0. The molecule has 64 valence electrons. The topological polar surface area (TPSA) is 0 Å². The van der Waals surface area contributed by atoms with Gasteiger partial charge >= 0.3 is 0 Å². The molecule has 0 fully saturated rings. The van der Waals surface area contributed by atoms with Crippen molar-refractivity contribution in [2.24, 2.45) is 0 Å².